The zero-order chi connectivity index (χ0) is 49.4. The summed E-state index contributed by atoms with van der Waals surface area (Å²) in [5.41, 5.74) is 17.5. The maximum Gasteiger partial charge on any atom is 0.0546 e. The summed E-state index contributed by atoms with van der Waals surface area (Å²) < 4.78 is 0. The summed E-state index contributed by atoms with van der Waals surface area (Å²) in [7, 11) is 0. The molecule has 2 heteroatoms. The minimum Gasteiger partial charge on any atom is -0.310 e. The van der Waals surface area contributed by atoms with Gasteiger partial charge in [-0.1, -0.05) is 184 Å². The number of benzene rings is 8. The lowest BCUT2D eigenvalue weighted by molar-refractivity contribution is 0.568. The van der Waals surface area contributed by atoms with Crippen LogP contribution in [0.2, 0.25) is 0 Å². The van der Waals surface area contributed by atoms with Crippen LogP contribution in [0.5, 0.6) is 0 Å². The molecule has 0 N–H and O–H groups in total. The van der Waals surface area contributed by atoms with E-state index in [1.807, 2.05) is 0 Å². The van der Waals surface area contributed by atoms with E-state index in [2.05, 4.69) is 268 Å². The van der Waals surface area contributed by atoms with Gasteiger partial charge in [-0.05, 0) is 174 Å². The number of hydrogen-bond acceptors (Lipinski definition) is 2. The van der Waals surface area contributed by atoms with Crippen molar-refractivity contribution in [2.24, 2.45) is 0 Å². The molecule has 8 aromatic carbocycles. The molecule has 0 spiro atoms. The Morgan fingerprint density at radius 3 is 0.868 bits per heavy atom. The van der Waals surface area contributed by atoms with Gasteiger partial charge in [-0.2, -0.15) is 0 Å². The van der Waals surface area contributed by atoms with Crippen LogP contribution in [0.15, 0.2) is 133 Å². The first-order valence-electron chi connectivity index (χ1n) is 25.2. The van der Waals surface area contributed by atoms with Crippen LogP contribution in [0.1, 0.15) is 167 Å². The summed E-state index contributed by atoms with van der Waals surface area (Å²) in [4.78, 5) is 5.15. The highest BCUT2D eigenvalue weighted by atomic mass is 15.2. The van der Waals surface area contributed by atoms with E-state index in [9.17, 15) is 0 Å². The van der Waals surface area contributed by atoms with Crippen LogP contribution in [0, 0.1) is 13.8 Å². The van der Waals surface area contributed by atoms with E-state index in [1.54, 1.807) is 0 Å². The topological polar surface area (TPSA) is 6.48 Å². The quantitative estimate of drug-likeness (QED) is 0.140. The van der Waals surface area contributed by atoms with Crippen molar-refractivity contribution in [3.05, 3.63) is 178 Å². The Morgan fingerprint density at radius 1 is 0.309 bits per heavy atom. The molecule has 352 valence electrons. The first kappa shape index (κ1) is 48.6. The average Bonchev–Trinajstić information content (AvgIpc) is 3.25. The van der Waals surface area contributed by atoms with Crippen LogP contribution < -0.4 is 9.80 Å². The second-order valence-corrected chi connectivity index (χ2v) is 24.7. The minimum atomic E-state index is -0.0470. The summed E-state index contributed by atoms with van der Waals surface area (Å²) >= 11 is 0. The van der Waals surface area contributed by atoms with Gasteiger partial charge in [0, 0.05) is 33.5 Å². The van der Waals surface area contributed by atoms with Gasteiger partial charge in [0.2, 0.25) is 0 Å². The fourth-order valence-electron chi connectivity index (χ4n) is 9.86. The van der Waals surface area contributed by atoms with E-state index < -0.39 is 0 Å². The second-order valence-electron chi connectivity index (χ2n) is 24.7. The number of anilines is 6. The molecule has 0 unspecified atom stereocenters. The molecule has 0 fully saturated rings. The molecule has 0 atom stereocenters. The van der Waals surface area contributed by atoms with Gasteiger partial charge in [0.15, 0.2) is 0 Å². The van der Waals surface area contributed by atoms with Crippen molar-refractivity contribution < 1.29 is 0 Å². The maximum atomic E-state index is 2.58. The van der Waals surface area contributed by atoms with Crippen LogP contribution in [-0.2, 0) is 21.7 Å². The molecule has 0 radical (unpaired) electrons. The van der Waals surface area contributed by atoms with Crippen molar-refractivity contribution in [1.82, 2.24) is 0 Å². The van der Waals surface area contributed by atoms with E-state index in [0.717, 1.165) is 0 Å². The lowest BCUT2D eigenvalue weighted by atomic mass is 9.80. The maximum absolute atomic E-state index is 2.58. The molecule has 0 amide bonds. The molecule has 0 aromatic heterocycles. The smallest absolute Gasteiger partial charge is 0.0546 e. The van der Waals surface area contributed by atoms with E-state index in [-0.39, 0.29) is 21.7 Å². The average molecular weight is 899 g/mol. The van der Waals surface area contributed by atoms with Gasteiger partial charge in [0.1, 0.15) is 0 Å². The zero-order valence-electron chi connectivity index (χ0n) is 44.8. The van der Waals surface area contributed by atoms with E-state index in [4.69, 9.17) is 0 Å². The molecule has 0 aliphatic rings. The van der Waals surface area contributed by atoms with Gasteiger partial charge in [0.05, 0.1) is 11.4 Å². The molecule has 8 aromatic rings. The Balaban J connectivity index is 1.53. The summed E-state index contributed by atoms with van der Waals surface area (Å²) in [6, 6.07) is 52.3. The van der Waals surface area contributed by atoms with Crippen molar-refractivity contribution in [2.75, 3.05) is 9.80 Å². The molecule has 0 heterocycles. The predicted octanol–water partition coefficient (Wildman–Crippen LogP) is 20.1. The van der Waals surface area contributed by atoms with Crippen molar-refractivity contribution in [2.45, 2.75) is 158 Å². The summed E-state index contributed by atoms with van der Waals surface area (Å²) in [5, 5.41) is 7.41. The van der Waals surface area contributed by atoms with Gasteiger partial charge in [-0.15, -0.1) is 0 Å². The van der Waals surface area contributed by atoms with E-state index in [0.29, 0.717) is 11.8 Å². The lowest BCUT2D eigenvalue weighted by Crippen LogP contribution is -2.19. The van der Waals surface area contributed by atoms with Gasteiger partial charge >= 0.3 is 0 Å². The monoisotopic (exact) mass is 899 g/mol. The summed E-state index contributed by atoms with van der Waals surface area (Å²) in [6.07, 6.45) is 0. The Hall–Kier alpha value is -5.86. The molecule has 8 rings (SSSR count). The van der Waals surface area contributed by atoms with E-state index in [1.165, 1.54) is 111 Å². The fourth-order valence-corrected chi connectivity index (χ4v) is 9.86. The lowest BCUT2D eigenvalue weighted by Gasteiger charge is -2.33. The molecule has 2 nitrogen and oxygen atoms in total. The highest BCUT2D eigenvalue weighted by Gasteiger charge is 2.28. The van der Waals surface area contributed by atoms with Crippen molar-refractivity contribution >= 4 is 66.4 Å². The van der Waals surface area contributed by atoms with Gasteiger partial charge < -0.3 is 9.80 Å². The molecule has 68 heavy (non-hydrogen) atoms. The Kier molecular flexibility index (Phi) is 12.6. The van der Waals surface area contributed by atoms with Crippen molar-refractivity contribution in [3.8, 4) is 0 Å². The third-order valence-electron chi connectivity index (χ3n) is 14.2. The fraction of sp³-hybridized carbons (Fsp3) is 0.364. The van der Waals surface area contributed by atoms with Crippen molar-refractivity contribution in [1.29, 1.82) is 0 Å². The summed E-state index contributed by atoms with van der Waals surface area (Å²) in [6.45, 7) is 41.8. The predicted molar refractivity (Wildman–Crippen MR) is 301 cm³/mol. The van der Waals surface area contributed by atoms with Gasteiger partial charge in [-0.25, -0.2) is 0 Å². The standard InChI is InChI=1S/C66H78N2/c1-41(2)45-27-43(5)29-51(31-45)67(53-35-47(63(7,8)9)33-48(36-53)64(10,11)12)61-39-59-56-24-20-22-26-58(56)62(40-60(59)55-23-19-21-25-57(55)61)68(52-30-44(6)28-46(32-52)42(3)4)54-37-49(65(13,14)15)34-50(38-54)66(16,17)18/h19-42H,1-18H3. The third kappa shape index (κ3) is 9.58. The van der Waals surface area contributed by atoms with Crippen molar-refractivity contribution in [3.63, 3.8) is 0 Å². The normalized spacial score (nSPS) is 12.8. The number of rotatable bonds is 8. The number of aryl methyl sites for hydroxylation is 2. The first-order valence-corrected chi connectivity index (χ1v) is 25.2. The number of nitrogens with zero attached hydrogens (tertiary/aromatic N) is 2. The molecule has 0 saturated carbocycles. The molecular formula is C66H78N2. The summed E-state index contributed by atoms with van der Waals surface area (Å²) in [5.74, 6) is 0.766. The second kappa shape index (κ2) is 17.6. The molecule has 0 saturated heterocycles. The highest BCUT2D eigenvalue weighted by Crippen LogP contribution is 2.50. The molecule has 0 bridgehead atoms. The molecule has 0 aliphatic heterocycles. The molecule has 0 aliphatic carbocycles. The van der Waals surface area contributed by atoms with E-state index >= 15 is 0 Å². The Morgan fingerprint density at radius 2 is 0.588 bits per heavy atom. The van der Waals surface area contributed by atoms with Crippen LogP contribution in [-0.4, -0.2) is 0 Å². The van der Waals surface area contributed by atoms with Gasteiger partial charge in [-0.3, -0.25) is 0 Å². The Labute approximate surface area is 410 Å². The SMILES string of the molecule is Cc1cc(C(C)C)cc(N(c2cc(C(C)(C)C)cc(C(C)(C)C)c2)c2cc3c4ccccc4c(N(c4cc(C)cc(C(C)C)c4)c4cc(C(C)(C)C)cc(C(C)(C)C)c4)cc3c3ccccc23)c1. The van der Waals surface area contributed by atoms with Crippen LogP contribution in [0.25, 0.3) is 32.3 Å². The minimum absolute atomic E-state index is 0.0470. The Bertz CT molecular complexity index is 2900. The van der Waals surface area contributed by atoms with Crippen LogP contribution in [0.3, 0.4) is 0 Å². The van der Waals surface area contributed by atoms with Gasteiger partial charge in [0.25, 0.3) is 0 Å². The zero-order valence-corrected chi connectivity index (χ0v) is 44.8. The number of fused-ring (bicyclic) bond motifs is 5. The largest absolute Gasteiger partial charge is 0.310 e. The van der Waals surface area contributed by atoms with Crippen LogP contribution >= 0.6 is 0 Å². The molecular weight excluding hydrogens is 821 g/mol. The first-order chi connectivity index (χ1) is 31.7. The third-order valence-corrected chi connectivity index (χ3v) is 14.2. The van der Waals surface area contributed by atoms with Crippen LogP contribution in [0.4, 0.5) is 34.1 Å². The highest BCUT2D eigenvalue weighted by molar-refractivity contribution is 6.24. The number of hydrogen-bond donors (Lipinski definition) is 0.